The molecular weight excluding hydrogens is 178 g/mol. The van der Waals surface area contributed by atoms with E-state index >= 15 is 0 Å². The van der Waals surface area contributed by atoms with Crippen LogP contribution in [0, 0.1) is 4.91 Å². The molecule has 1 aromatic carbocycles. The number of nitrogens with zero attached hydrogens (tertiary/aromatic N) is 3. The summed E-state index contributed by atoms with van der Waals surface area (Å²) in [6.07, 6.45) is 4.69. The summed E-state index contributed by atoms with van der Waals surface area (Å²) < 4.78 is 0. The van der Waals surface area contributed by atoms with Gasteiger partial charge in [-0.15, -0.1) is 4.91 Å². The number of rotatable bonds is 4. The van der Waals surface area contributed by atoms with Gasteiger partial charge in [0.05, 0.1) is 5.29 Å². The second kappa shape index (κ2) is 5.64. The van der Waals surface area contributed by atoms with Crippen molar-refractivity contribution in [2.24, 2.45) is 10.3 Å². The minimum Gasteiger partial charge on any atom is -0.263 e. The molecule has 0 heterocycles. The van der Waals surface area contributed by atoms with Crippen molar-refractivity contribution >= 4 is 6.21 Å². The van der Waals surface area contributed by atoms with Crippen LogP contribution in [0.25, 0.3) is 0 Å². The summed E-state index contributed by atoms with van der Waals surface area (Å²) in [5.41, 5.74) is 1.01. The molecule has 0 amide bonds. The maximum atomic E-state index is 9.94. The first kappa shape index (κ1) is 10.1. The van der Waals surface area contributed by atoms with Gasteiger partial charge in [0.15, 0.2) is 0 Å². The zero-order valence-electron chi connectivity index (χ0n) is 7.87. The summed E-state index contributed by atoms with van der Waals surface area (Å²) in [6, 6.07) is 9.70. The van der Waals surface area contributed by atoms with Crippen LogP contribution in [0.4, 0.5) is 0 Å². The van der Waals surface area contributed by atoms with Gasteiger partial charge in [0.1, 0.15) is 0 Å². The molecule has 0 unspecified atom stereocenters. The molecule has 0 atom stereocenters. The van der Waals surface area contributed by atoms with Gasteiger partial charge in [0, 0.05) is 25.7 Å². The first-order valence-electron chi connectivity index (χ1n) is 4.14. The normalized spacial score (nSPS) is 10.9. The van der Waals surface area contributed by atoms with Crippen molar-refractivity contribution in [1.29, 1.82) is 0 Å². The second-order valence-electron chi connectivity index (χ2n) is 2.64. The molecular formula is C10H11N3O. The highest BCUT2D eigenvalue weighted by atomic mass is 16.3. The highest BCUT2D eigenvalue weighted by molar-refractivity contribution is 5.79. The summed E-state index contributed by atoms with van der Waals surface area (Å²) in [4.78, 5) is 13.9. The minimum absolute atomic E-state index is 1.01. The molecule has 0 spiro atoms. The van der Waals surface area contributed by atoms with Crippen LogP contribution in [0.3, 0.4) is 0 Å². The summed E-state index contributed by atoms with van der Waals surface area (Å²) >= 11 is 0. The van der Waals surface area contributed by atoms with Crippen molar-refractivity contribution in [3.05, 3.63) is 53.2 Å². The van der Waals surface area contributed by atoms with E-state index in [1.165, 1.54) is 12.4 Å². The lowest BCUT2D eigenvalue weighted by atomic mass is 10.2. The van der Waals surface area contributed by atoms with Gasteiger partial charge < -0.3 is 0 Å². The zero-order valence-corrected chi connectivity index (χ0v) is 7.87. The van der Waals surface area contributed by atoms with Crippen LogP contribution in [0.5, 0.6) is 0 Å². The van der Waals surface area contributed by atoms with E-state index in [9.17, 15) is 4.91 Å². The Kier molecular flexibility index (Phi) is 4.07. The number of nitroso groups, excluding NO2 is 1. The lowest BCUT2D eigenvalue weighted by molar-refractivity contribution is 0.482. The third kappa shape index (κ3) is 3.62. The summed E-state index contributed by atoms with van der Waals surface area (Å²) in [6.45, 7) is 0. The molecule has 1 rings (SSSR count). The van der Waals surface area contributed by atoms with Gasteiger partial charge in [-0.3, -0.25) is 4.99 Å². The van der Waals surface area contributed by atoms with Crippen LogP contribution in [-0.4, -0.2) is 18.3 Å². The fourth-order valence-electron chi connectivity index (χ4n) is 0.830. The van der Waals surface area contributed by atoms with E-state index < -0.39 is 0 Å². The lowest BCUT2D eigenvalue weighted by Crippen LogP contribution is -1.97. The van der Waals surface area contributed by atoms with E-state index in [-0.39, 0.29) is 0 Å². The summed E-state index contributed by atoms with van der Waals surface area (Å²) in [5.74, 6) is 0. The SMILES string of the molecule is CN(/C=C\N=Cc1ccccc1)N=O. The third-order valence-electron chi connectivity index (χ3n) is 1.52. The molecule has 0 aliphatic heterocycles. The van der Waals surface area contributed by atoms with Crippen LogP contribution in [0.1, 0.15) is 5.56 Å². The van der Waals surface area contributed by atoms with Gasteiger partial charge in [-0.2, -0.15) is 0 Å². The van der Waals surface area contributed by atoms with E-state index in [2.05, 4.69) is 10.3 Å². The number of hydrogen-bond donors (Lipinski definition) is 0. The van der Waals surface area contributed by atoms with Crippen LogP contribution in [0.15, 0.2) is 53.0 Å². The van der Waals surface area contributed by atoms with Crippen molar-refractivity contribution in [1.82, 2.24) is 5.01 Å². The first-order valence-corrected chi connectivity index (χ1v) is 4.14. The Labute approximate surface area is 82.5 Å². The molecule has 0 aromatic heterocycles. The van der Waals surface area contributed by atoms with Crippen molar-refractivity contribution < 1.29 is 0 Å². The molecule has 0 saturated heterocycles. The molecule has 0 radical (unpaired) electrons. The largest absolute Gasteiger partial charge is 0.263 e. The predicted octanol–water partition coefficient (Wildman–Crippen LogP) is 2.19. The average Bonchev–Trinajstić information content (AvgIpc) is 2.25. The molecule has 0 N–H and O–H groups in total. The topological polar surface area (TPSA) is 45.0 Å². The molecule has 0 bridgehead atoms. The molecule has 72 valence electrons. The van der Waals surface area contributed by atoms with Crippen molar-refractivity contribution in [2.75, 3.05) is 7.05 Å². The lowest BCUT2D eigenvalue weighted by Gasteiger charge is -1.95. The second-order valence-corrected chi connectivity index (χ2v) is 2.64. The Bertz CT molecular complexity index is 332. The standard InChI is InChI=1S/C10H11N3O/c1-13(12-14)8-7-11-9-10-5-3-2-4-6-10/h2-9H,1H3/b8-7-,11-9?. The molecule has 0 saturated carbocycles. The maximum Gasteiger partial charge on any atom is 0.0566 e. The Morgan fingerprint density at radius 2 is 2.00 bits per heavy atom. The van der Waals surface area contributed by atoms with Crippen molar-refractivity contribution in [3.8, 4) is 0 Å². The number of benzene rings is 1. The fraction of sp³-hybridized carbons (Fsp3) is 0.100. The summed E-state index contributed by atoms with van der Waals surface area (Å²) in [5, 5.41) is 3.80. The molecule has 1 aromatic rings. The Hall–Kier alpha value is -1.97. The fourth-order valence-corrected chi connectivity index (χ4v) is 0.830. The summed E-state index contributed by atoms with van der Waals surface area (Å²) in [7, 11) is 1.54. The molecule has 4 nitrogen and oxygen atoms in total. The van der Waals surface area contributed by atoms with E-state index in [4.69, 9.17) is 0 Å². The smallest absolute Gasteiger partial charge is 0.0566 e. The maximum absolute atomic E-state index is 9.94. The minimum atomic E-state index is 1.01. The van der Waals surface area contributed by atoms with E-state index in [1.807, 2.05) is 30.3 Å². The molecule has 14 heavy (non-hydrogen) atoms. The van der Waals surface area contributed by atoms with E-state index in [1.54, 1.807) is 13.3 Å². The predicted molar refractivity (Wildman–Crippen MR) is 56.7 cm³/mol. The van der Waals surface area contributed by atoms with Crippen molar-refractivity contribution in [2.45, 2.75) is 0 Å². The Morgan fingerprint density at radius 3 is 2.64 bits per heavy atom. The third-order valence-corrected chi connectivity index (χ3v) is 1.52. The van der Waals surface area contributed by atoms with Gasteiger partial charge >= 0.3 is 0 Å². The van der Waals surface area contributed by atoms with E-state index in [0.29, 0.717) is 0 Å². The van der Waals surface area contributed by atoms with Gasteiger partial charge in [0.2, 0.25) is 0 Å². The molecule has 0 aliphatic rings. The molecule has 4 heteroatoms. The molecule has 0 fully saturated rings. The van der Waals surface area contributed by atoms with E-state index in [0.717, 1.165) is 10.6 Å². The Morgan fingerprint density at radius 1 is 1.29 bits per heavy atom. The van der Waals surface area contributed by atoms with Crippen LogP contribution in [-0.2, 0) is 0 Å². The van der Waals surface area contributed by atoms with Gasteiger partial charge in [-0.1, -0.05) is 30.3 Å². The quantitative estimate of drug-likeness (QED) is 0.414. The highest BCUT2D eigenvalue weighted by Gasteiger charge is 1.83. The highest BCUT2D eigenvalue weighted by Crippen LogP contribution is 1.94. The number of hydrogen-bond acceptors (Lipinski definition) is 3. The Balaban J connectivity index is 2.49. The monoisotopic (exact) mass is 189 g/mol. The van der Waals surface area contributed by atoms with Crippen molar-refractivity contribution in [3.63, 3.8) is 0 Å². The van der Waals surface area contributed by atoms with Gasteiger partial charge in [-0.05, 0) is 5.56 Å². The van der Waals surface area contributed by atoms with Crippen LogP contribution >= 0.6 is 0 Å². The van der Waals surface area contributed by atoms with Crippen LogP contribution < -0.4 is 0 Å². The van der Waals surface area contributed by atoms with Crippen LogP contribution in [0.2, 0.25) is 0 Å². The number of aliphatic imine (C=N–C) groups is 1. The first-order chi connectivity index (χ1) is 6.83. The average molecular weight is 189 g/mol. The zero-order chi connectivity index (χ0) is 10.2. The molecule has 0 aliphatic carbocycles. The van der Waals surface area contributed by atoms with Gasteiger partial charge in [-0.25, -0.2) is 5.01 Å². The van der Waals surface area contributed by atoms with Gasteiger partial charge in [0.25, 0.3) is 0 Å².